The molecule has 1 atom stereocenters. The molecule has 0 fully saturated rings. The zero-order chi connectivity index (χ0) is 30.2. The van der Waals surface area contributed by atoms with Gasteiger partial charge in [0.15, 0.2) is 10.9 Å². The summed E-state index contributed by atoms with van der Waals surface area (Å²) >= 11 is 2.58. The van der Waals surface area contributed by atoms with Gasteiger partial charge in [0.1, 0.15) is 5.75 Å². The Kier molecular flexibility index (Phi) is 6.90. The zero-order valence-electron chi connectivity index (χ0n) is 24.8. The van der Waals surface area contributed by atoms with Gasteiger partial charge in [0.2, 0.25) is 5.78 Å². The maximum absolute atomic E-state index is 14.2. The van der Waals surface area contributed by atoms with Gasteiger partial charge in [-0.25, -0.2) is 9.97 Å². The minimum absolute atomic E-state index is 0.0115. The lowest BCUT2D eigenvalue weighted by Gasteiger charge is -2.31. The second-order valence-corrected chi connectivity index (χ2v) is 15.0. The van der Waals surface area contributed by atoms with Crippen LogP contribution in [0.4, 0.5) is 5.13 Å². The fraction of sp³-hybridized carbons (Fsp3) is 0.375. The molecular formula is C32H35N3O4S2. The molecule has 0 radical (unpaired) electrons. The van der Waals surface area contributed by atoms with Crippen molar-refractivity contribution in [2.24, 2.45) is 0 Å². The largest absolute Gasteiger partial charge is 0.507 e. The van der Waals surface area contributed by atoms with Crippen molar-refractivity contribution in [1.29, 1.82) is 0 Å². The van der Waals surface area contributed by atoms with Crippen LogP contribution in [-0.2, 0) is 15.6 Å². The summed E-state index contributed by atoms with van der Waals surface area (Å²) < 4.78 is 0.899. The summed E-state index contributed by atoms with van der Waals surface area (Å²) in [6.45, 7) is 17.6. The number of phenols is 1. The number of thiazole rings is 2. The first-order valence-electron chi connectivity index (χ1n) is 13.5. The van der Waals surface area contributed by atoms with Gasteiger partial charge in [-0.1, -0.05) is 58.9 Å². The van der Waals surface area contributed by atoms with E-state index in [2.05, 4.69) is 4.98 Å². The van der Waals surface area contributed by atoms with Crippen LogP contribution in [0.25, 0.3) is 10.2 Å². The van der Waals surface area contributed by atoms with Gasteiger partial charge in [0.05, 0.1) is 37.4 Å². The van der Waals surface area contributed by atoms with Crippen LogP contribution < -0.4 is 4.90 Å². The number of benzene rings is 2. The van der Waals surface area contributed by atoms with E-state index >= 15 is 0 Å². The molecule has 2 aromatic heterocycles. The maximum Gasteiger partial charge on any atom is 0.296 e. The molecule has 4 aromatic rings. The number of aromatic nitrogens is 2. The number of aromatic hydroxyl groups is 1. The van der Waals surface area contributed by atoms with E-state index < -0.39 is 34.3 Å². The summed E-state index contributed by atoms with van der Waals surface area (Å²) in [7, 11) is 0. The second-order valence-electron chi connectivity index (χ2n) is 12.7. The van der Waals surface area contributed by atoms with Gasteiger partial charge in [0, 0.05) is 0 Å². The van der Waals surface area contributed by atoms with Gasteiger partial charge in [-0.15, -0.1) is 11.3 Å². The average molecular weight is 590 g/mol. The van der Waals surface area contributed by atoms with E-state index in [0.717, 1.165) is 20.8 Å². The molecule has 2 aromatic carbocycles. The summed E-state index contributed by atoms with van der Waals surface area (Å²) in [5.41, 5.74) is 3.44. The highest BCUT2D eigenvalue weighted by Gasteiger charge is 2.47. The number of aliphatic hydroxyl groups is 1. The summed E-state index contributed by atoms with van der Waals surface area (Å²) in [5, 5.41) is 23.9. The molecule has 1 aliphatic rings. The number of carbonyl (C=O) groups is 2. The third-order valence-electron chi connectivity index (χ3n) is 7.37. The zero-order valence-corrected chi connectivity index (χ0v) is 26.5. The Balaban J connectivity index is 1.81. The van der Waals surface area contributed by atoms with E-state index in [4.69, 9.17) is 4.98 Å². The highest BCUT2D eigenvalue weighted by molar-refractivity contribution is 7.22. The van der Waals surface area contributed by atoms with Crippen LogP contribution in [0, 0.1) is 20.8 Å². The topological polar surface area (TPSA) is 104 Å². The van der Waals surface area contributed by atoms with Gasteiger partial charge >= 0.3 is 0 Å². The number of fused-ring (bicyclic) bond motifs is 1. The Labute approximate surface area is 248 Å². The minimum atomic E-state index is -0.957. The van der Waals surface area contributed by atoms with Crippen LogP contribution >= 0.6 is 22.7 Å². The second kappa shape index (κ2) is 9.77. The molecule has 0 aliphatic carbocycles. The molecule has 7 nitrogen and oxygen atoms in total. The van der Waals surface area contributed by atoms with Crippen LogP contribution in [-0.4, -0.2) is 31.9 Å². The highest BCUT2D eigenvalue weighted by atomic mass is 32.1. The minimum Gasteiger partial charge on any atom is -0.507 e. The first kappa shape index (κ1) is 29.0. The number of ketones is 1. The number of hydrogen-bond acceptors (Lipinski definition) is 8. The summed E-state index contributed by atoms with van der Waals surface area (Å²) in [6.07, 6.45) is 0. The van der Waals surface area contributed by atoms with E-state index in [-0.39, 0.29) is 11.3 Å². The van der Waals surface area contributed by atoms with Crippen molar-refractivity contribution in [3.63, 3.8) is 0 Å². The summed E-state index contributed by atoms with van der Waals surface area (Å²) in [4.78, 5) is 39.0. The van der Waals surface area contributed by atoms with E-state index in [1.807, 2.05) is 85.7 Å². The first-order chi connectivity index (χ1) is 19.0. The lowest BCUT2D eigenvalue weighted by molar-refractivity contribution is -0.117. The fourth-order valence-corrected chi connectivity index (χ4v) is 7.26. The van der Waals surface area contributed by atoms with Crippen LogP contribution in [0.1, 0.15) is 90.2 Å². The van der Waals surface area contributed by atoms with Crippen LogP contribution in [0.5, 0.6) is 5.75 Å². The van der Waals surface area contributed by atoms with E-state index in [1.165, 1.54) is 27.6 Å². The van der Waals surface area contributed by atoms with Gasteiger partial charge in [0.25, 0.3) is 5.91 Å². The summed E-state index contributed by atoms with van der Waals surface area (Å²) in [5.74, 6) is -1.53. The van der Waals surface area contributed by atoms with Crippen molar-refractivity contribution >= 4 is 49.7 Å². The number of carbonyl (C=O) groups excluding carboxylic acids is 2. The van der Waals surface area contributed by atoms with Crippen LogP contribution in [0.15, 0.2) is 41.7 Å². The Bertz CT molecular complexity index is 1730. The predicted octanol–water partition coefficient (Wildman–Crippen LogP) is 7.76. The average Bonchev–Trinajstić information content (AvgIpc) is 3.50. The van der Waals surface area contributed by atoms with Crippen LogP contribution in [0.3, 0.4) is 0 Å². The normalized spacial score (nSPS) is 16.4. The van der Waals surface area contributed by atoms with E-state index in [9.17, 15) is 19.8 Å². The fourth-order valence-electron chi connectivity index (χ4n) is 5.30. The molecule has 1 amide bonds. The van der Waals surface area contributed by atoms with Crippen molar-refractivity contribution in [2.45, 2.75) is 79.2 Å². The summed E-state index contributed by atoms with van der Waals surface area (Å²) in [6, 6.07) is 8.61. The molecule has 0 saturated carbocycles. The molecule has 214 valence electrons. The lowest BCUT2D eigenvalue weighted by atomic mass is 9.77. The molecule has 3 heterocycles. The molecule has 9 heteroatoms. The van der Waals surface area contributed by atoms with Crippen molar-refractivity contribution in [1.82, 2.24) is 9.97 Å². The number of Topliss-reactive ketones (excluding diaryl/α,β-unsaturated/α-hetero) is 1. The number of phenolic OH excluding ortho intramolecular Hbond substituents is 1. The third kappa shape index (κ3) is 4.95. The Morgan fingerprint density at radius 1 is 0.902 bits per heavy atom. The molecule has 0 saturated heterocycles. The van der Waals surface area contributed by atoms with Crippen molar-refractivity contribution < 1.29 is 19.8 Å². The number of aliphatic hydroxyl groups excluding tert-OH is 1. The van der Waals surface area contributed by atoms with Crippen molar-refractivity contribution in [3.05, 3.63) is 79.5 Å². The van der Waals surface area contributed by atoms with Gasteiger partial charge in [-0.05, 0) is 78.1 Å². The lowest BCUT2D eigenvalue weighted by Crippen LogP contribution is -2.31. The number of hydrogen-bond donors (Lipinski definition) is 2. The van der Waals surface area contributed by atoms with Gasteiger partial charge in [-0.2, -0.15) is 0 Å². The first-order valence-corrected chi connectivity index (χ1v) is 15.1. The third-order valence-corrected chi connectivity index (χ3v) is 9.45. The van der Waals surface area contributed by atoms with Gasteiger partial charge < -0.3 is 10.2 Å². The SMILES string of the molecule is Cc1ccc2nc(N3C(=O)C(O)=C(C(=O)c4sc(C)nc4C)C3c3cc(C(C)(C)C)c(O)c(C(C)(C)C)c3)sc2c1. The van der Waals surface area contributed by atoms with Crippen LogP contribution in [0.2, 0.25) is 0 Å². The maximum atomic E-state index is 14.2. The van der Waals surface area contributed by atoms with E-state index in [1.54, 1.807) is 6.92 Å². The monoisotopic (exact) mass is 589 g/mol. The number of anilines is 1. The molecule has 1 unspecified atom stereocenters. The molecule has 0 spiro atoms. The molecule has 41 heavy (non-hydrogen) atoms. The number of amides is 1. The Morgan fingerprint density at radius 3 is 2.05 bits per heavy atom. The molecule has 2 N–H and O–H groups in total. The number of aryl methyl sites for hydroxylation is 3. The molecule has 5 rings (SSSR count). The Hall–Kier alpha value is -3.56. The number of rotatable bonds is 4. The molecule has 0 bridgehead atoms. The van der Waals surface area contributed by atoms with Crippen molar-refractivity contribution in [3.8, 4) is 5.75 Å². The van der Waals surface area contributed by atoms with Crippen molar-refractivity contribution in [2.75, 3.05) is 4.90 Å². The van der Waals surface area contributed by atoms with E-state index in [0.29, 0.717) is 32.4 Å². The Morgan fingerprint density at radius 2 is 1.51 bits per heavy atom. The van der Waals surface area contributed by atoms with Gasteiger partial charge in [-0.3, -0.25) is 14.5 Å². The standard InChI is InChI=1S/C32H35N3O4S2/c1-15-10-11-21-22(12-15)41-30(34-21)35-24(18-13-19(31(4,5)6)25(36)20(14-18)32(7,8)9)23(27(38)29(35)39)26(37)28-16(2)33-17(3)40-28/h10-14,24,36,38H,1-9H3. The highest BCUT2D eigenvalue weighted by Crippen LogP contribution is 2.48. The predicted molar refractivity (Wildman–Crippen MR) is 166 cm³/mol. The molecule has 1 aliphatic heterocycles. The number of nitrogens with zero attached hydrogens (tertiary/aromatic N) is 3. The smallest absolute Gasteiger partial charge is 0.296 e. The molecular weight excluding hydrogens is 555 g/mol. The quantitative estimate of drug-likeness (QED) is 0.236.